The van der Waals surface area contributed by atoms with Crippen LogP contribution in [0.1, 0.15) is 6.42 Å². The van der Waals surface area contributed by atoms with Crippen LogP contribution in [-0.4, -0.2) is 64.2 Å². The number of thioether (sulfide) groups is 1. The summed E-state index contributed by atoms with van der Waals surface area (Å²) in [5, 5.41) is 17.2. The normalized spacial score (nSPS) is 10.9. The number of aromatic nitrogens is 3. The average Bonchev–Trinajstić information content (AvgIpc) is 2.98. The Balaban J connectivity index is 2.03. The zero-order valence-electron chi connectivity index (χ0n) is 13.2. The highest BCUT2D eigenvalue weighted by Gasteiger charge is 2.12. The number of H-pyrrole nitrogens is 1. The first kappa shape index (κ1) is 17.3. The average molecular weight is 336 g/mol. The number of ether oxygens (including phenoxy) is 1. The summed E-state index contributed by atoms with van der Waals surface area (Å²) in [6, 6.07) is 7.58. The van der Waals surface area contributed by atoms with Gasteiger partial charge in [0.05, 0.1) is 17.9 Å². The van der Waals surface area contributed by atoms with Crippen LogP contribution in [0.2, 0.25) is 0 Å². The lowest BCUT2D eigenvalue weighted by Crippen LogP contribution is -2.15. The first-order valence-electron chi connectivity index (χ1n) is 7.20. The molecule has 124 valence electrons. The van der Waals surface area contributed by atoms with E-state index in [-0.39, 0.29) is 5.75 Å². The Kier molecular flexibility index (Phi) is 6.42. The fourth-order valence-corrected chi connectivity index (χ4v) is 2.44. The third kappa shape index (κ3) is 5.57. The van der Waals surface area contributed by atoms with E-state index in [2.05, 4.69) is 20.1 Å². The van der Waals surface area contributed by atoms with Crippen LogP contribution in [0.15, 0.2) is 29.4 Å². The van der Waals surface area contributed by atoms with Crippen LogP contribution in [-0.2, 0) is 4.79 Å². The van der Waals surface area contributed by atoms with Gasteiger partial charge in [0.15, 0.2) is 11.0 Å². The summed E-state index contributed by atoms with van der Waals surface area (Å²) in [6.07, 6.45) is 0.928. The van der Waals surface area contributed by atoms with Crippen LogP contribution in [0.5, 0.6) is 5.75 Å². The summed E-state index contributed by atoms with van der Waals surface area (Å²) in [6.45, 7) is 1.57. The first-order valence-corrected chi connectivity index (χ1v) is 8.19. The molecule has 1 heterocycles. The van der Waals surface area contributed by atoms with Gasteiger partial charge in [0.1, 0.15) is 5.75 Å². The number of rotatable bonds is 9. The van der Waals surface area contributed by atoms with E-state index in [1.807, 2.05) is 38.4 Å². The molecular formula is C15H20N4O3S. The van der Waals surface area contributed by atoms with Gasteiger partial charge in [0.2, 0.25) is 0 Å². The summed E-state index contributed by atoms with van der Waals surface area (Å²) >= 11 is 1.10. The van der Waals surface area contributed by atoms with Crippen molar-refractivity contribution in [2.75, 3.05) is 33.0 Å². The number of hydrogen-bond donors (Lipinski definition) is 2. The van der Waals surface area contributed by atoms with Crippen molar-refractivity contribution in [2.45, 2.75) is 11.6 Å². The Morgan fingerprint density at radius 3 is 2.87 bits per heavy atom. The maximum atomic E-state index is 10.6. The Morgan fingerprint density at radius 1 is 1.35 bits per heavy atom. The molecule has 0 fully saturated rings. The topological polar surface area (TPSA) is 91.3 Å². The highest BCUT2D eigenvalue weighted by molar-refractivity contribution is 7.99. The lowest BCUT2D eigenvalue weighted by atomic mass is 10.2. The Hall–Kier alpha value is -2.06. The second kappa shape index (κ2) is 8.54. The van der Waals surface area contributed by atoms with Crippen LogP contribution < -0.4 is 4.74 Å². The van der Waals surface area contributed by atoms with E-state index in [4.69, 9.17) is 9.84 Å². The second-order valence-corrected chi connectivity index (χ2v) is 6.13. The third-order valence-corrected chi connectivity index (χ3v) is 3.80. The SMILES string of the molecule is CN(C)CCCOc1ccccc1-c1nnc(SCC(=O)O)[nH]1. The van der Waals surface area contributed by atoms with Crippen LogP contribution in [0.3, 0.4) is 0 Å². The number of aromatic amines is 1. The molecule has 0 atom stereocenters. The van der Waals surface area contributed by atoms with E-state index in [1.54, 1.807) is 0 Å². The first-order chi connectivity index (χ1) is 11.1. The molecule has 2 N–H and O–H groups in total. The molecule has 1 aromatic carbocycles. The molecule has 0 radical (unpaired) electrons. The third-order valence-electron chi connectivity index (χ3n) is 2.95. The number of carboxylic acid groups (broad SMARTS) is 1. The molecule has 2 rings (SSSR count). The summed E-state index contributed by atoms with van der Waals surface area (Å²) in [5.74, 6) is 0.355. The van der Waals surface area contributed by atoms with Gasteiger partial charge in [0, 0.05) is 6.54 Å². The number of nitrogens with one attached hydrogen (secondary N) is 1. The van der Waals surface area contributed by atoms with Gasteiger partial charge in [-0.1, -0.05) is 23.9 Å². The van der Waals surface area contributed by atoms with Crippen LogP contribution in [0.25, 0.3) is 11.4 Å². The number of carboxylic acids is 1. The maximum absolute atomic E-state index is 10.6. The molecule has 0 bridgehead atoms. The van der Waals surface area contributed by atoms with Gasteiger partial charge in [-0.15, -0.1) is 10.2 Å². The minimum absolute atomic E-state index is 0.0582. The lowest BCUT2D eigenvalue weighted by molar-refractivity contribution is -0.133. The van der Waals surface area contributed by atoms with E-state index in [0.717, 1.165) is 36.0 Å². The fourth-order valence-electron chi connectivity index (χ4n) is 1.91. The summed E-state index contributed by atoms with van der Waals surface area (Å²) in [7, 11) is 4.05. The Bertz CT molecular complexity index is 645. The van der Waals surface area contributed by atoms with Gasteiger partial charge in [-0.2, -0.15) is 0 Å². The number of carbonyl (C=O) groups is 1. The molecule has 0 unspecified atom stereocenters. The largest absolute Gasteiger partial charge is 0.493 e. The highest BCUT2D eigenvalue weighted by atomic mass is 32.2. The molecule has 0 saturated heterocycles. The zero-order chi connectivity index (χ0) is 16.7. The molecule has 2 aromatic rings. The van der Waals surface area contributed by atoms with Crippen molar-refractivity contribution < 1.29 is 14.6 Å². The smallest absolute Gasteiger partial charge is 0.313 e. The van der Waals surface area contributed by atoms with Crippen molar-refractivity contribution in [3.8, 4) is 17.1 Å². The standard InChI is InChI=1S/C15H20N4O3S/c1-19(2)8-5-9-22-12-7-4-3-6-11(12)14-16-15(18-17-14)23-10-13(20)21/h3-4,6-7H,5,8-10H2,1-2H3,(H,20,21)(H,16,17,18). The van der Waals surface area contributed by atoms with Gasteiger partial charge in [-0.05, 0) is 32.6 Å². The molecule has 23 heavy (non-hydrogen) atoms. The van der Waals surface area contributed by atoms with Crippen molar-refractivity contribution in [1.82, 2.24) is 20.1 Å². The number of hydrogen-bond acceptors (Lipinski definition) is 6. The number of aliphatic carboxylic acids is 1. The minimum atomic E-state index is -0.891. The van der Waals surface area contributed by atoms with E-state index in [0.29, 0.717) is 17.6 Å². The zero-order valence-corrected chi connectivity index (χ0v) is 14.0. The summed E-state index contributed by atoms with van der Waals surface area (Å²) in [4.78, 5) is 15.7. The monoisotopic (exact) mass is 336 g/mol. The van der Waals surface area contributed by atoms with Crippen LogP contribution in [0, 0.1) is 0 Å². The predicted molar refractivity (Wildman–Crippen MR) is 88.8 cm³/mol. The van der Waals surface area contributed by atoms with Gasteiger partial charge >= 0.3 is 5.97 Å². The quantitative estimate of drug-likeness (QED) is 0.534. The van der Waals surface area contributed by atoms with Crippen molar-refractivity contribution in [3.05, 3.63) is 24.3 Å². The van der Waals surface area contributed by atoms with Gasteiger partial charge in [-0.25, -0.2) is 0 Å². The molecular weight excluding hydrogens is 316 g/mol. The van der Waals surface area contributed by atoms with E-state index in [1.165, 1.54) is 0 Å². The fraction of sp³-hybridized carbons (Fsp3) is 0.400. The Morgan fingerprint density at radius 2 is 2.13 bits per heavy atom. The molecule has 7 nitrogen and oxygen atoms in total. The minimum Gasteiger partial charge on any atom is -0.493 e. The Labute approximate surface area is 139 Å². The van der Waals surface area contributed by atoms with Gasteiger partial charge in [0.25, 0.3) is 0 Å². The van der Waals surface area contributed by atoms with Gasteiger partial charge < -0.3 is 19.7 Å². The van der Waals surface area contributed by atoms with Crippen LogP contribution >= 0.6 is 11.8 Å². The second-order valence-electron chi connectivity index (χ2n) is 5.16. The molecule has 0 aliphatic carbocycles. The van der Waals surface area contributed by atoms with Crippen molar-refractivity contribution in [3.63, 3.8) is 0 Å². The molecule has 0 spiro atoms. The summed E-state index contributed by atoms with van der Waals surface area (Å²) in [5.41, 5.74) is 0.812. The predicted octanol–water partition coefficient (Wildman–Crippen LogP) is 1.98. The molecule has 1 aromatic heterocycles. The number of nitrogens with zero attached hydrogens (tertiary/aromatic N) is 3. The molecule has 0 aliphatic rings. The van der Waals surface area contributed by atoms with E-state index in [9.17, 15) is 4.79 Å². The molecule has 0 saturated carbocycles. The maximum Gasteiger partial charge on any atom is 0.313 e. The molecule has 8 heteroatoms. The highest BCUT2D eigenvalue weighted by Crippen LogP contribution is 2.28. The van der Waals surface area contributed by atoms with Gasteiger partial charge in [-0.3, -0.25) is 4.79 Å². The number of para-hydroxylation sites is 1. The van der Waals surface area contributed by atoms with Crippen molar-refractivity contribution in [2.24, 2.45) is 0 Å². The van der Waals surface area contributed by atoms with E-state index >= 15 is 0 Å². The van der Waals surface area contributed by atoms with Crippen molar-refractivity contribution in [1.29, 1.82) is 0 Å². The van der Waals surface area contributed by atoms with Crippen LogP contribution in [0.4, 0.5) is 0 Å². The number of benzene rings is 1. The molecule has 0 amide bonds. The van der Waals surface area contributed by atoms with E-state index < -0.39 is 5.97 Å². The lowest BCUT2D eigenvalue weighted by Gasteiger charge is -2.12. The van der Waals surface area contributed by atoms with Crippen molar-refractivity contribution >= 4 is 17.7 Å². The molecule has 0 aliphatic heterocycles. The summed E-state index contributed by atoms with van der Waals surface area (Å²) < 4.78 is 5.83.